The molecule has 194 valence electrons. The molecule has 11 heteroatoms. The van der Waals surface area contributed by atoms with E-state index in [-0.39, 0.29) is 37.3 Å². The number of β-amino-alcohol motifs (C(OH)–C–C–N with tert-alkyl or cyclic N) is 1. The molecule has 0 radical (unpaired) electrons. The van der Waals surface area contributed by atoms with Crippen LogP contribution in [0.25, 0.3) is 0 Å². The van der Waals surface area contributed by atoms with E-state index < -0.39 is 35.9 Å². The molecule has 37 heavy (non-hydrogen) atoms. The number of hydrogen-bond donors (Lipinski definition) is 2. The van der Waals surface area contributed by atoms with Gasteiger partial charge >= 0.3 is 12.1 Å². The van der Waals surface area contributed by atoms with Crippen LogP contribution in [0.2, 0.25) is 0 Å². The van der Waals surface area contributed by atoms with Crippen LogP contribution in [0.4, 0.5) is 24.1 Å². The van der Waals surface area contributed by atoms with Gasteiger partial charge in [0.25, 0.3) is 0 Å². The summed E-state index contributed by atoms with van der Waals surface area (Å²) in [7, 11) is 0. The molecule has 5 rings (SSSR count). The van der Waals surface area contributed by atoms with Gasteiger partial charge in [-0.3, -0.25) is 0 Å². The first-order valence-electron chi connectivity index (χ1n) is 12.2. The number of amides is 3. The second-order valence-electron chi connectivity index (χ2n) is 9.55. The zero-order valence-electron chi connectivity index (χ0n) is 20.0. The van der Waals surface area contributed by atoms with Crippen molar-refractivity contribution in [2.24, 2.45) is 0 Å². The van der Waals surface area contributed by atoms with Gasteiger partial charge < -0.3 is 25.0 Å². The average Bonchev–Trinajstić information content (AvgIpc) is 3.48. The Balaban J connectivity index is 1.20. The number of urea groups is 1. The van der Waals surface area contributed by atoms with Crippen LogP contribution < -0.4 is 10.2 Å². The van der Waals surface area contributed by atoms with E-state index in [1.165, 1.54) is 11.0 Å². The van der Waals surface area contributed by atoms with Gasteiger partial charge in [0.15, 0.2) is 11.6 Å². The number of imide groups is 1. The number of carbonyl (C=O) groups excluding carboxylic acids is 2. The largest absolute Gasteiger partial charge is 0.446 e. The maximum absolute atomic E-state index is 13.8. The van der Waals surface area contributed by atoms with Crippen LogP contribution in [0.3, 0.4) is 0 Å². The second-order valence-corrected chi connectivity index (χ2v) is 9.55. The Bertz CT molecular complexity index is 1230. The molecule has 2 aromatic rings. The standard InChI is InChI=1S/C26H27F2N5O4/c27-19-6-5-16(11-20(19)28)23-15-37-26(36)33(23)25(35)32-13-21(24(34)14-32)30-18-7-9-31(10-8-18)22-4-2-1-3-17(22)12-29/h1-6,11,18,21,23-24,30,34H,7-10,13-15H2. The summed E-state index contributed by atoms with van der Waals surface area (Å²) >= 11 is 0. The number of hydrogen-bond acceptors (Lipinski definition) is 7. The number of aliphatic hydroxyl groups excluding tert-OH is 1. The molecule has 0 aliphatic carbocycles. The van der Waals surface area contributed by atoms with Crippen molar-refractivity contribution in [1.82, 2.24) is 15.1 Å². The first-order chi connectivity index (χ1) is 17.9. The summed E-state index contributed by atoms with van der Waals surface area (Å²) in [5.41, 5.74) is 1.79. The van der Waals surface area contributed by atoms with Gasteiger partial charge in [0.1, 0.15) is 18.7 Å². The molecular weight excluding hydrogens is 484 g/mol. The van der Waals surface area contributed by atoms with E-state index in [2.05, 4.69) is 16.3 Å². The number of carbonyl (C=O) groups is 2. The lowest BCUT2D eigenvalue weighted by Crippen LogP contribution is -2.50. The third-order valence-corrected chi connectivity index (χ3v) is 7.28. The molecule has 3 heterocycles. The molecule has 3 unspecified atom stereocenters. The van der Waals surface area contributed by atoms with Crippen molar-refractivity contribution in [3.05, 3.63) is 65.2 Å². The van der Waals surface area contributed by atoms with Crippen molar-refractivity contribution in [1.29, 1.82) is 5.26 Å². The number of nitrogens with zero attached hydrogens (tertiary/aromatic N) is 4. The Morgan fingerprint density at radius 1 is 1.11 bits per heavy atom. The Hall–Kier alpha value is -3.75. The van der Waals surface area contributed by atoms with E-state index in [1.54, 1.807) is 6.07 Å². The van der Waals surface area contributed by atoms with E-state index in [0.717, 1.165) is 48.7 Å². The molecule has 3 fully saturated rings. The number of piperidine rings is 1. The predicted octanol–water partition coefficient (Wildman–Crippen LogP) is 2.75. The van der Waals surface area contributed by atoms with Crippen molar-refractivity contribution in [2.75, 3.05) is 37.7 Å². The van der Waals surface area contributed by atoms with E-state index in [1.807, 2.05) is 18.2 Å². The maximum atomic E-state index is 13.8. The third kappa shape index (κ3) is 4.95. The summed E-state index contributed by atoms with van der Waals surface area (Å²) < 4.78 is 32.2. The van der Waals surface area contributed by atoms with Crippen LogP contribution in [0.5, 0.6) is 0 Å². The number of nitrogens with one attached hydrogen (secondary N) is 1. The average molecular weight is 512 g/mol. The molecule has 9 nitrogen and oxygen atoms in total. The van der Waals surface area contributed by atoms with Gasteiger partial charge in [-0.2, -0.15) is 5.26 Å². The van der Waals surface area contributed by atoms with Gasteiger partial charge in [0.05, 0.1) is 29.9 Å². The summed E-state index contributed by atoms with van der Waals surface area (Å²) in [4.78, 5) is 30.1. The van der Waals surface area contributed by atoms with E-state index >= 15 is 0 Å². The van der Waals surface area contributed by atoms with Gasteiger partial charge in [-0.1, -0.05) is 18.2 Å². The van der Waals surface area contributed by atoms with Crippen LogP contribution >= 0.6 is 0 Å². The van der Waals surface area contributed by atoms with Gasteiger partial charge in [-0.05, 0) is 42.7 Å². The number of nitriles is 1. The van der Waals surface area contributed by atoms with E-state index in [4.69, 9.17) is 4.74 Å². The molecule has 3 aliphatic rings. The first kappa shape index (κ1) is 24.9. The number of para-hydroxylation sites is 1. The number of cyclic esters (lactones) is 1. The highest BCUT2D eigenvalue weighted by molar-refractivity contribution is 5.93. The summed E-state index contributed by atoms with van der Waals surface area (Å²) in [5, 5.41) is 23.5. The zero-order chi connectivity index (χ0) is 26.1. The topological polar surface area (TPSA) is 109 Å². The number of rotatable bonds is 4. The molecule has 2 aromatic carbocycles. The zero-order valence-corrected chi connectivity index (χ0v) is 20.0. The molecule has 0 bridgehead atoms. The highest BCUT2D eigenvalue weighted by Crippen LogP contribution is 2.31. The summed E-state index contributed by atoms with van der Waals surface area (Å²) in [5.74, 6) is -2.10. The number of benzene rings is 2. The Morgan fingerprint density at radius 2 is 1.86 bits per heavy atom. The smallest absolute Gasteiger partial charge is 0.418 e. The lowest BCUT2D eigenvalue weighted by molar-refractivity contribution is 0.133. The molecule has 3 amide bonds. The quantitative estimate of drug-likeness (QED) is 0.650. The molecule has 0 saturated carbocycles. The maximum Gasteiger partial charge on any atom is 0.418 e. The Morgan fingerprint density at radius 3 is 2.59 bits per heavy atom. The Labute approximate surface area is 212 Å². The normalized spacial score (nSPS) is 24.3. The van der Waals surface area contributed by atoms with Crippen molar-refractivity contribution >= 4 is 17.8 Å². The fraction of sp³-hybridized carbons (Fsp3) is 0.423. The molecule has 3 saturated heterocycles. The van der Waals surface area contributed by atoms with Crippen LogP contribution in [0.15, 0.2) is 42.5 Å². The minimum absolute atomic E-state index is 0.0270. The number of anilines is 1. The molecule has 0 aromatic heterocycles. The van der Waals surface area contributed by atoms with E-state index in [9.17, 15) is 28.7 Å². The number of ether oxygens (including phenoxy) is 1. The van der Waals surface area contributed by atoms with Crippen molar-refractivity contribution in [3.63, 3.8) is 0 Å². The number of halogens is 2. The number of aliphatic hydroxyl groups is 1. The monoisotopic (exact) mass is 511 g/mol. The lowest BCUT2D eigenvalue weighted by atomic mass is 10.0. The SMILES string of the molecule is N#Cc1ccccc1N1CCC(NC2CN(C(=O)N3C(=O)OCC3c3ccc(F)c(F)c3)CC2O)CC1. The van der Waals surface area contributed by atoms with Crippen LogP contribution in [0.1, 0.15) is 30.0 Å². The fourth-order valence-corrected chi connectivity index (χ4v) is 5.29. The van der Waals surface area contributed by atoms with Gasteiger partial charge in [0, 0.05) is 25.7 Å². The minimum Gasteiger partial charge on any atom is -0.446 e. The highest BCUT2D eigenvalue weighted by Gasteiger charge is 2.45. The van der Waals surface area contributed by atoms with Crippen molar-refractivity contribution in [2.45, 2.75) is 37.1 Å². The first-order valence-corrected chi connectivity index (χ1v) is 12.2. The Kier molecular flexibility index (Phi) is 6.95. The predicted molar refractivity (Wildman–Crippen MR) is 129 cm³/mol. The highest BCUT2D eigenvalue weighted by atomic mass is 19.2. The van der Waals surface area contributed by atoms with Gasteiger partial charge in [-0.25, -0.2) is 23.3 Å². The van der Waals surface area contributed by atoms with Crippen molar-refractivity contribution in [3.8, 4) is 6.07 Å². The van der Waals surface area contributed by atoms with Crippen LogP contribution in [0, 0.1) is 23.0 Å². The summed E-state index contributed by atoms with van der Waals surface area (Å²) in [6, 6.07) is 11.1. The minimum atomic E-state index is -1.08. The second kappa shape index (κ2) is 10.3. The molecular formula is C26H27F2N5O4. The molecule has 0 spiro atoms. The van der Waals surface area contributed by atoms with Gasteiger partial charge in [-0.15, -0.1) is 0 Å². The van der Waals surface area contributed by atoms with Crippen molar-refractivity contribution < 1.29 is 28.2 Å². The molecule has 2 N–H and O–H groups in total. The summed E-state index contributed by atoms with van der Waals surface area (Å²) in [6.07, 6.45) is -0.0986. The molecule has 3 atom stereocenters. The number of likely N-dealkylation sites (tertiary alicyclic amines) is 1. The lowest BCUT2D eigenvalue weighted by Gasteiger charge is -2.36. The van der Waals surface area contributed by atoms with Gasteiger partial charge in [0.2, 0.25) is 0 Å². The fourth-order valence-electron chi connectivity index (χ4n) is 5.29. The van der Waals surface area contributed by atoms with Crippen LogP contribution in [-0.2, 0) is 4.74 Å². The third-order valence-electron chi connectivity index (χ3n) is 7.28. The van der Waals surface area contributed by atoms with E-state index in [0.29, 0.717) is 5.56 Å². The van der Waals surface area contributed by atoms with Crippen LogP contribution in [-0.4, -0.2) is 78.0 Å². The summed E-state index contributed by atoms with van der Waals surface area (Å²) in [6.45, 7) is 1.54. The molecule has 3 aliphatic heterocycles.